The fraction of sp³-hybridized carbons (Fsp3) is 0.286. The van der Waals surface area contributed by atoms with Crippen LogP contribution in [-0.4, -0.2) is 25.6 Å². The van der Waals surface area contributed by atoms with E-state index in [-0.39, 0.29) is 0 Å². The number of anilines is 1. The maximum atomic E-state index is 10.7. The molecule has 6 heteroatoms. The summed E-state index contributed by atoms with van der Waals surface area (Å²) >= 11 is 6.57. The van der Waals surface area contributed by atoms with Crippen LogP contribution in [0.3, 0.4) is 0 Å². The highest BCUT2D eigenvalue weighted by molar-refractivity contribution is 7.80. The third-order valence-electron chi connectivity index (χ3n) is 2.30. The van der Waals surface area contributed by atoms with Gasteiger partial charge < -0.3 is 15.4 Å². The second-order valence-corrected chi connectivity index (χ2v) is 5.30. The van der Waals surface area contributed by atoms with Gasteiger partial charge in [-0.25, -0.2) is 0 Å². The second-order valence-electron chi connectivity index (χ2n) is 3.94. The number of nitrogens with one attached hydrogen (secondary N) is 2. The van der Waals surface area contributed by atoms with Crippen molar-refractivity contribution in [3.05, 3.63) is 40.2 Å². The van der Waals surface area contributed by atoms with E-state index in [9.17, 15) is 4.79 Å². The first-order chi connectivity index (χ1) is 9.71. The van der Waals surface area contributed by atoms with Crippen LogP contribution in [0.2, 0.25) is 0 Å². The van der Waals surface area contributed by atoms with Crippen LogP contribution in [0.25, 0.3) is 0 Å². The number of hydrogen-bond donors (Lipinski definition) is 2. The highest BCUT2D eigenvalue weighted by Gasteiger charge is 2.06. The molecule has 108 valence electrons. The normalized spacial score (nSPS) is 12.8. The molecule has 0 atom stereocenters. The van der Waals surface area contributed by atoms with E-state index >= 15 is 0 Å². The molecule has 0 fully saturated rings. The maximum absolute atomic E-state index is 10.7. The Hall–Kier alpha value is -1.50. The van der Waals surface area contributed by atoms with E-state index in [1.165, 1.54) is 11.3 Å². The predicted octanol–water partition coefficient (Wildman–Crippen LogP) is 3.34. The Balaban J connectivity index is 0.000000612. The molecule has 2 N–H and O–H groups in total. The molecular formula is C14H18N2O2S2. The van der Waals surface area contributed by atoms with Crippen LogP contribution in [0.1, 0.15) is 22.5 Å². The first kappa shape index (κ1) is 16.6. The summed E-state index contributed by atoms with van der Waals surface area (Å²) in [6.45, 7) is 0. The van der Waals surface area contributed by atoms with Crippen molar-refractivity contribution in [3.63, 3.8) is 0 Å². The topological polar surface area (TPSA) is 50.4 Å². The lowest BCUT2D eigenvalue weighted by atomic mass is 10.1. The Kier molecular flexibility index (Phi) is 7.79. The van der Waals surface area contributed by atoms with Crippen molar-refractivity contribution in [1.82, 2.24) is 5.32 Å². The molecule has 0 saturated carbocycles. The molecule has 0 bridgehead atoms. The third kappa shape index (κ3) is 5.64. The highest BCUT2D eigenvalue weighted by Crippen LogP contribution is 2.19. The van der Waals surface area contributed by atoms with E-state index in [2.05, 4.69) is 27.5 Å². The summed E-state index contributed by atoms with van der Waals surface area (Å²) < 4.78 is 4.25. The van der Waals surface area contributed by atoms with Gasteiger partial charge in [0.1, 0.15) is 0 Å². The minimum Gasteiger partial charge on any atom is -0.388 e. The summed E-state index contributed by atoms with van der Waals surface area (Å²) in [7, 11) is 3.25. The molecule has 2 rings (SSSR count). The lowest BCUT2D eigenvalue weighted by molar-refractivity contribution is 0.112. The predicted molar refractivity (Wildman–Crippen MR) is 88.5 cm³/mol. The second kappa shape index (κ2) is 9.41. The van der Waals surface area contributed by atoms with Crippen LogP contribution < -0.4 is 10.6 Å². The van der Waals surface area contributed by atoms with Gasteiger partial charge in [-0.3, -0.25) is 4.79 Å². The maximum Gasteiger partial charge on any atom is 0.175 e. The zero-order chi connectivity index (χ0) is 14.8. The number of rotatable bonds is 3. The van der Waals surface area contributed by atoms with E-state index in [1.807, 2.05) is 17.5 Å². The Morgan fingerprint density at radius 1 is 1.40 bits per heavy atom. The van der Waals surface area contributed by atoms with Crippen molar-refractivity contribution in [2.45, 2.75) is 12.8 Å². The number of hydrogen-bond acceptors (Lipinski definition) is 4. The molecule has 1 aliphatic rings. The van der Waals surface area contributed by atoms with Crippen molar-refractivity contribution >= 4 is 40.6 Å². The van der Waals surface area contributed by atoms with Crippen LogP contribution in [0.5, 0.6) is 0 Å². The van der Waals surface area contributed by atoms with Crippen LogP contribution in [0, 0.1) is 0 Å². The zero-order valence-electron chi connectivity index (χ0n) is 11.5. The summed E-state index contributed by atoms with van der Waals surface area (Å²) in [6, 6.07) is 1.84. The molecule has 20 heavy (non-hydrogen) atoms. The molecule has 0 saturated heterocycles. The van der Waals surface area contributed by atoms with Gasteiger partial charge in [0, 0.05) is 19.9 Å². The first-order valence-electron chi connectivity index (χ1n) is 6.08. The molecule has 0 aromatic carbocycles. The van der Waals surface area contributed by atoms with Crippen LogP contribution in [-0.2, 0) is 4.74 Å². The average Bonchev–Trinajstić information content (AvgIpc) is 2.88. The van der Waals surface area contributed by atoms with Crippen LogP contribution >= 0.6 is 23.6 Å². The molecule has 1 heterocycles. The van der Waals surface area contributed by atoms with Crippen LogP contribution in [0.4, 0.5) is 5.69 Å². The third-order valence-corrected chi connectivity index (χ3v) is 3.35. The van der Waals surface area contributed by atoms with Gasteiger partial charge in [-0.15, -0.1) is 11.3 Å². The standard InChI is InChI=1S/C12H12N2OS2.C2H6O/c15-8-11-10(6-7-17-11)14-12(16)13-9-4-2-1-3-5-9;1-3-2/h2,4-8H,1,3H2,(H2,13,14,16);1-2H3. The van der Waals surface area contributed by atoms with Gasteiger partial charge in [0.25, 0.3) is 0 Å². The van der Waals surface area contributed by atoms with Gasteiger partial charge in [0.05, 0.1) is 10.6 Å². The number of thiocarbonyl (C=S) groups is 1. The summed E-state index contributed by atoms with van der Waals surface area (Å²) in [4.78, 5) is 11.4. The fourth-order valence-electron chi connectivity index (χ4n) is 1.51. The Bertz CT molecular complexity index is 507. The van der Waals surface area contributed by atoms with Gasteiger partial charge in [0.2, 0.25) is 0 Å². The Morgan fingerprint density at radius 2 is 2.15 bits per heavy atom. The van der Waals surface area contributed by atoms with E-state index < -0.39 is 0 Å². The monoisotopic (exact) mass is 310 g/mol. The fourth-order valence-corrected chi connectivity index (χ4v) is 2.39. The van der Waals surface area contributed by atoms with E-state index in [0.717, 1.165) is 30.5 Å². The number of allylic oxidation sites excluding steroid dienone is 3. The average molecular weight is 310 g/mol. The van der Waals surface area contributed by atoms with Gasteiger partial charge in [0.15, 0.2) is 11.4 Å². The van der Waals surface area contributed by atoms with Crippen molar-refractivity contribution in [2.75, 3.05) is 19.5 Å². The molecule has 0 aliphatic heterocycles. The lowest BCUT2D eigenvalue weighted by Gasteiger charge is -2.12. The molecule has 4 nitrogen and oxygen atoms in total. The number of methoxy groups -OCH3 is 1. The van der Waals surface area contributed by atoms with Gasteiger partial charge in [-0.1, -0.05) is 12.2 Å². The number of ether oxygens (including phenoxy) is 1. The Morgan fingerprint density at radius 3 is 2.75 bits per heavy atom. The minimum atomic E-state index is 0.504. The molecule has 0 unspecified atom stereocenters. The molecule has 0 spiro atoms. The summed E-state index contributed by atoms with van der Waals surface area (Å²) in [5.41, 5.74) is 1.75. The molecule has 0 radical (unpaired) electrons. The van der Waals surface area contributed by atoms with Crippen molar-refractivity contribution in [2.24, 2.45) is 0 Å². The number of thiophene rings is 1. The largest absolute Gasteiger partial charge is 0.388 e. The van der Waals surface area contributed by atoms with E-state index in [4.69, 9.17) is 12.2 Å². The number of carbonyl (C=O) groups excluding carboxylic acids is 1. The lowest BCUT2D eigenvalue weighted by Crippen LogP contribution is -2.27. The molecule has 1 aromatic heterocycles. The first-order valence-corrected chi connectivity index (χ1v) is 7.37. The van der Waals surface area contributed by atoms with Crippen molar-refractivity contribution in [3.8, 4) is 0 Å². The number of carbonyl (C=O) groups is 1. The zero-order valence-corrected chi connectivity index (χ0v) is 13.1. The van der Waals surface area contributed by atoms with Gasteiger partial charge in [-0.2, -0.15) is 0 Å². The number of aldehydes is 1. The molecule has 1 aliphatic carbocycles. The Labute approximate surface area is 128 Å². The molecule has 1 aromatic rings. The SMILES string of the molecule is COC.O=Cc1sccc1NC(=S)NC1=CCCC=C1. The molecular weight excluding hydrogens is 292 g/mol. The summed E-state index contributed by atoms with van der Waals surface area (Å²) in [5.74, 6) is 0. The van der Waals surface area contributed by atoms with E-state index in [0.29, 0.717) is 9.99 Å². The van der Waals surface area contributed by atoms with E-state index in [1.54, 1.807) is 14.2 Å². The van der Waals surface area contributed by atoms with Gasteiger partial charge in [-0.05, 0) is 42.6 Å². The molecule has 0 amide bonds. The van der Waals surface area contributed by atoms with Gasteiger partial charge >= 0.3 is 0 Å². The quantitative estimate of drug-likeness (QED) is 0.662. The summed E-state index contributed by atoms with van der Waals surface area (Å²) in [6.07, 6.45) is 9.14. The minimum absolute atomic E-state index is 0.504. The smallest absolute Gasteiger partial charge is 0.175 e. The van der Waals surface area contributed by atoms with Crippen LogP contribution in [0.15, 0.2) is 35.4 Å². The highest BCUT2D eigenvalue weighted by atomic mass is 32.1. The summed E-state index contributed by atoms with van der Waals surface area (Å²) in [5, 5.41) is 8.46. The van der Waals surface area contributed by atoms with Crippen molar-refractivity contribution in [1.29, 1.82) is 0 Å². The van der Waals surface area contributed by atoms with Crippen molar-refractivity contribution < 1.29 is 9.53 Å².